The quantitative estimate of drug-likeness (QED) is 0.0111. The van der Waals surface area contributed by atoms with Crippen molar-refractivity contribution in [3.8, 4) is 0 Å². The second-order valence-corrected chi connectivity index (χ2v) is 18.8. The molecule has 0 fully saturated rings. The van der Waals surface area contributed by atoms with Crippen LogP contribution in [0, 0.1) is 0 Å². The number of carbonyl (C=O) groups is 6. The van der Waals surface area contributed by atoms with Gasteiger partial charge in [0.1, 0.15) is 13.2 Å². The first-order valence-electron chi connectivity index (χ1n) is 25.9. The Morgan fingerprint density at radius 1 is 0.580 bits per heavy atom. The second-order valence-electron chi connectivity index (χ2n) is 17.4. The van der Waals surface area contributed by atoms with Crippen molar-refractivity contribution < 1.29 is 61.5 Å². The second kappa shape index (κ2) is 45.3. The fraction of sp³-hybridized carbons (Fsp3) is 0.765. The molecule has 2 atom stereocenters. The molecule has 0 saturated carbocycles. The summed E-state index contributed by atoms with van der Waals surface area (Å²) < 4.78 is 38.6. The summed E-state index contributed by atoms with van der Waals surface area (Å²) in [5.74, 6) is -2.42. The number of allylic oxidation sites excluding steroid dienone is 4. The molecule has 18 heteroatoms. The van der Waals surface area contributed by atoms with E-state index < -0.39 is 62.9 Å². The van der Waals surface area contributed by atoms with Gasteiger partial charge in [-0.25, -0.2) is 9.36 Å². The third-order valence-corrected chi connectivity index (χ3v) is 12.2. The Morgan fingerprint density at radius 2 is 1.03 bits per heavy atom. The normalized spacial score (nSPS) is 13.7. The maximum atomic E-state index is 12.8. The minimum atomic E-state index is -4.69. The molecule has 1 unspecified atom stereocenters. The number of hydrogen-bond acceptors (Lipinski definition) is 13. The molecular weight excluding hydrogens is 908 g/mol. The topological polar surface area (TPSA) is 248 Å². The lowest BCUT2D eigenvalue weighted by Crippen LogP contribution is -2.36. The predicted molar refractivity (Wildman–Crippen MR) is 269 cm³/mol. The van der Waals surface area contributed by atoms with E-state index in [0.717, 1.165) is 94.1 Å². The van der Waals surface area contributed by atoms with E-state index in [1.807, 2.05) is 0 Å². The van der Waals surface area contributed by atoms with Crippen molar-refractivity contribution >= 4 is 43.6 Å². The Bertz CT molecular complexity index is 1510. The van der Waals surface area contributed by atoms with E-state index >= 15 is 0 Å². The average molecular weight is 999 g/mol. The van der Waals surface area contributed by atoms with Crippen molar-refractivity contribution in [2.75, 3.05) is 46.1 Å². The molecule has 17 nitrogen and oxygen atoms in total. The van der Waals surface area contributed by atoms with Crippen molar-refractivity contribution in [3.63, 3.8) is 0 Å². The van der Waals surface area contributed by atoms with Gasteiger partial charge < -0.3 is 35.9 Å². The third-order valence-electron chi connectivity index (χ3n) is 11.2. The van der Waals surface area contributed by atoms with Gasteiger partial charge in [-0.15, -0.1) is 0 Å². The zero-order valence-corrected chi connectivity index (χ0v) is 43.3. The van der Waals surface area contributed by atoms with Gasteiger partial charge in [-0.2, -0.15) is 0 Å². The van der Waals surface area contributed by atoms with Crippen LogP contribution in [-0.4, -0.2) is 97.7 Å². The number of phosphoric ester groups is 1. The summed E-state index contributed by atoms with van der Waals surface area (Å²) in [6.07, 6.45) is 39.0. The summed E-state index contributed by atoms with van der Waals surface area (Å²) >= 11 is 0. The van der Waals surface area contributed by atoms with Gasteiger partial charge in [-0.3, -0.25) is 37.9 Å². The van der Waals surface area contributed by atoms with Gasteiger partial charge in [0, 0.05) is 44.5 Å². The molecule has 0 aromatic heterocycles. The SMILES string of the molecule is CCCCCCCC/C=C\CCCCCCCC(=O)OC[C@H](COP(=O)(O)OCCNC(=O)OCCNC(=O)CCN1C(=O)C=CC1=O)OC(=O)CCCCCCC/C=C\CCCCCCCC.N. The molecule has 0 aromatic rings. The number of esters is 2. The Labute approximate surface area is 414 Å². The van der Waals surface area contributed by atoms with Crippen LogP contribution in [0.3, 0.4) is 0 Å². The fourth-order valence-corrected chi connectivity index (χ4v) is 7.92. The van der Waals surface area contributed by atoms with E-state index in [4.69, 9.17) is 23.3 Å². The zero-order valence-electron chi connectivity index (χ0n) is 42.4. The molecule has 0 bridgehead atoms. The Kier molecular flexibility index (Phi) is 42.7. The fourth-order valence-electron chi connectivity index (χ4n) is 7.17. The number of nitrogens with zero attached hydrogens (tertiary/aromatic N) is 1. The highest BCUT2D eigenvalue weighted by molar-refractivity contribution is 7.47. The van der Waals surface area contributed by atoms with E-state index in [0.29, 0.717) is 12.8 Å². The number of amides is 4. The highest BCUT2D eigenvalue weighted by atomic mass is 31.2. The summed E-state index contributed by atoms with van der Waals surface area (Å²) in [5.41, 5.74) is 0. The number of ether oxygens (including phenoxy) is 3. The number of unbranched alkanes of at least 4 members (excludes halogenated alkanes) is 22. The number of nitrogens with one attached hydrogen (secondary N) is 2. The molecule has 1 rings (SSSR count). The van der Waals surface area contributed by atoms with E-state index in [9.17, 15) is 38.2 Å². The first-order chi connectivity index (χ1) is 33.0. The number of hydrogen-bond donors (Lipinski definition) is 4. The molecule has 6 N–H and O–H groups in total. The van der Waals surface area contributed by atoms with Crippen LogP contribution in [0.5, 0.6) is 0 Å². The third kappa shape index (κ3) is 40.5. The van der Waals surface area contributed by atoms with Crippen LogP contribution < -0.4 is 16.8 Å². The van der Waals surface area contributed by atoms with Gasteiger partial charge in [0.05, 0.1) is 19.8 Å². The molecule has 0 radical (unpaired) electrons. The number of alkyl carbamates (subject to hydrolysis) is 1. The maximum absolute atomic E-state index is 12.8. The molecule has 4 amide bonds. The minimum Gasteiger partial charge on any atom is -0.462 e. The molecule has 1 heterocycles. The monoisotopic (exact) mass is 999 g/mol. The molecule has 0 aromatic carbocycles. The smallest absolute Gasteiger partial charge is 0.462 e. The molecular formula is C51H91N4O13P. The van der Waals surface area contributed by atoms with Gasteiger partial charge in [0.25, 0.3) is 11.8 Å². The number of carbonyl (C=O) groups excluding carboxylic acids is 6. The summed E-state index contributed by atoms with van der Waals surface area (Å²) in [6, 6.07) is 0. The number of rotatable bonds is 46. The van der Waals surface area contributed by atoms with Gasteiger partial charge in [-0.05, 0) is 64.2 Å². The van der Waals surface area contributed by atoms with Crippen LogP contribution in [0.1, 0.15) is 200 Å². The van der Waals surface area contributed by atoms with Crippen molar-refractivity contribution in [1.29, 1.82) is 0 Å². The van der Waals surface area contributed by atoms with Gasteiger partial charge in [-0.1, -0.05) is 141 Å². The first kappa shape index (κ1) is 65.1. The van der Waals surface area contributed by atoms with Crippen LogP contribution in [0.4, 0.5) is 4.79 Å². The van der Waals surface area contributed by atoms with Crippen molar-refractivity contribution in [2.45, 2.75) is 206 Å². The summed E-state index contributed by atoms with van der Waals surface area (Å²) in [6.45, 7) is 2.57. The average Bonchev–Trinajstić information content (AvgIpc) is 3.64. The predicted octanol–water partition coefficient (Wildman–Crippen LogP) is 11.0. The summed E-state index contributed by atoms with van der Waals surface area (Å²) in [5, 5.41) is 4.83. The molecule has 1 aliphatic heterocycles. The Hall–Kier alpha value is -3.89. The van der Waals surface area contributed by atoms with Crippen molar-refractivity contribution in [2.24, 2.45) is 0 Å². The number of phosphoric acid groups is 1. The molecule has 0 saturated heterocycles. The lowest BCUT2D eigenvalue weighted by Gasteiger charge is -2.20. The standard InChI is InChI=1S/C51H88N3O13P.H3N/c1-3-5-7-9-11-13-15-17-19-21-23-25-27-29-31-33-49(58)64-43-45(67-50(59)34-32-30-28-26-24-22-20-18-16-14-12-10-8-6-4-2)44-66-68(61,62)65-42-39-53-51(60)63-41-38-52-46(55)37-40-54-47(56)35-36-48(54)57;/h17-20,35-36,45H,3-16,21-34,37-44H2,1-2H3,(H,52,55)(H,53,60)(H,61,62);1H3/b19-17-,20-18-;/t45-;/m1./s1. The van der Waals surface area contributed by atoms with Crippen molar-refractivity contribution in [1.82, 2.24) is 21.7 Å². The van der Waals surface area contributed by atoms with E-state index in [1.165, 1.54) is 77.0 Å². The first-order valence-corrected chi connectivity index (χ1v) is 27.4. The van der Waals surface area contributed by atoms with Crippen LogP contribution >= 0.6 is 7.82 Å². The highest BCUT2D eigenvalue weighted by Crippen LogP contribution is 2.43. The minimum absolute atomic E-state index is 0. The molecule has 1 aliphatic rings. The maximum Gasteiger partial charge on any atom is 0.472 e. The largest absolute Gasteiger partial charge is 0.472 e. The summed E-state index contributed by atoms with van der Waals surface area (Å²) in [4.78, 5) is 83.8. The van der Waals surface area contributed by atoms with Crippen LogP contribution in [0.15, 0.2) is 36.5 Å². The van der Waals surface area contributed by atoms with Crippen LogP contribution in [0.25, 0.3) is 0 Å². The highest BCUT2D eigenvalue weighted by Gasteiger charge is 2.27. The lowest BCUT2D eigenvalue weighted by molar-refractivity contribution is -0.161. The van der Waals surface area contributed by atoms with Gasteiger partial charge in [0.15, 0.2) is 6.10 Å². The molecule has 69 heavy (non-hydrogen) atoms. The molecule has 398 valence electrons. The van der Waals surface area contributed by atoms with Crippen LogP contribution in [0.2, 0.25) is 0 Å². The van der Waals surface area contributed by atoms with Crippen LogP contribution in [-0.2, 0) is 51.8 Å². The Morgan fingerprint density at radius 3 is 1.54 bits per heavy atom. The zero-order chi connectivity index (χ0) is 49.8. The van der Waals surface area contributed by atoms with Gasteiger partial charge in [0.2, 0.25) is 5.91 Å². The molecule has 0 aliphatic carbocycles. The van der Waals surface area contributed by atoms with E-state index in [-0.39, 0.29) is 58.3 Å². The summed E-state index contributed by atoms with van der Waals surface area (Å²) in [7, 11) is -4.69. The van der Waals surface area contributed by atoms with Gasteiger partial charge >= 0.3 is 25.9 Å². The van der Waals surface area contributed by atoms with E-state index in [2.05, 4.69) is 48.8 Å². The Balaban J connectivity index is 0.0000462. The van der Waals surface area contributed by atoms with E-state index in [1.54, 1.807) is 0 Å². The number of imide groups is 1. The lowest BCUT2D eigenvalue weighted by atomic mass is 10.1. The van der Waals surface area contributed by atoms with Crippen molar-refractivity contribution in [3.05, 3.63) is 36.5 Å². The molecule has 0 spiro atoms.